The van der Waals surface area contributed by atoms with Gasteiger partial charge in [-0.25, -0.2) is 0 Å². The third-order valence-corrected chi connectivity index (χ3v) is 7.11. The lowest BCUT2D eigenvalue weighted by Crippen LogP contribution is -2.46. The standard InChI is InChI=1S/C29H32N2O4/c1-19-13-20(2)15-24(14-19)35-18-23(32)17-30-11-9-21(10-12-30)16-31-28(33)25-7-3-5-22-6-4-8-26(27(22)25)29(31)34/h3-8,13-15,21,23,32H,9-12,16-18H2,1-2H3/t23-/m0/s1. The molecule has 0 saturated carbocycles. The number of aryl methyl sites for hydroxylation is 2. The molecule has 3 aromatic carbocycles. The van der Waals surface area contributed by atoms with Crippen molar-refractivity contribution in [2.45, 2.75) is 32.8 Å². The molecular weight excluding hydrogens is 440 g/mol. The molecule has 35 heavy (non-hydrogen) atoms. The fraction of sp³-hybridized carbons (Fsp3) is 0.379. The zero-order valence-corrected chi connectivity index (χ0v) is 20.4. The zero-order valence-electron chi connectivity index (χ0n) is 20.4. The minimum absolute atomic E-state index is 0.194. The molecule has 0 radical (unpaired) electrons. The number of hydrogen-bond donors (Lipinski definition) is 1. The smallest absolute Gasteiger partial charge is 0.261 e. The number of β-amino-alcohol motifs (C(OH)–C–C–N with tert-alkyl or cyclic N) is 1. The van der Waals surface area contributed by atoms with Crippen LogP contribution in [-0.2, 0) is 0 Å². The molecule has 2 amide bonds. The Balaban J connectivity index is 1.14. The molecule has 3 aromatic rings. The van der Waals surface area contributed by atoms with Crippen molar-refractivity contribution in [3.63, 3.8) is 0 Å². The first kappa shape index (κ1) is 23.5. The van der Waals surface area contributed by atoms with Gasteiger partial charge in [0, 0.05) is 29.6 Å². The Morgan fingerprint density at radius 2 is 1.54 bits per heavy atom. The average molecular weight is 473 g/mol. The first-order valence-corrected chi connectivity index (χ1v) is 12.4. The maximum absolute atomic E-state index is 13.2. The van der Waals surface area contributed by atoms with Crippen molar-refractivity contribution in [1.29, 1.82) is 0 Å². The van der Waals surface area contributed by atoms with Crippen molar-refractivity contribution in [2.75, 3.05) is 32.8 Å². The van der Waals surface area contributed by atoms with Crippen LogP contribution in [0.3, 0.4) is 0 Å². The first-order valence-electron chi connectivity index (χ1n) is 12.4. The molecule has 1 saturated heterocycles. The highest BCUT2D eigenvalue weighted by atomic mass is 16.5. The lowest BCUT2D eigenvalue weighted by atomic mass is 9.91. The van der Waals surface area contributed by atoms with Gasteiger partial charge < -0.3 is 14.7 Å². The number of piperidine rings is 1. The topological polar surface area (TPSA) is 70.1 Å². The number of hydrogen-bond acceptors (Lipinski definition) is 5. The molecule has 0 bridgehead atoms. The quantitative estimate of drug-likeness (QED) is 0.522. The highest BCUT2D eigenvalue weighted by Gasteiger charge is 2.34. The Labute approximate surface area is 206 Å². The first-order chi connectivity index (χ1) is 16.9. The number of amides is 2. The summed E-state index contributed by atoms with van der Waals surface area (Å²) in [6, 6.07) is 17.3. The van der Waals surface area contributed by atoms with Crippen molar-refractivity contribution >= 4 is 22.6 Å². The summed E-state index contributed by atoms with van der Waals surface area (Å²) in [6.45, 7) is 6.96. The van der Waals surface area contributed by atoms with Crippen LogP contribution in [-0.4, -0.2) is 65.6 Å². The van der Waals surface area contributed by atoms with E-state index in [0.717, 1.165) is 53.6 Å². The number of benzene rings is 3. The number of aliphatic hydroxyl groups is 1. The third kappa shape index (κ3) is 4.95. The Hall–Kier alpha value is -3.22. The SMILES string of the molecule is Cc1cc(C)cc(OC[C@@H](O)CN2CCC(CN3C(=O)c4cccc5cccc(c45)C3=O)CC2)c1. The highest BCUT2D eigenvalue weighted by molar-refractivity contribution is 6.25. The molecule has 0 aliphatic carbocycles. The van der Waals surface area contributed by atoms with Gasteiger partial charge in [0.2, 0.25) is 0 Å². The van der Waals surface area contributed by atoms with Crippen molar-refractivity contribution in [1.82, 2.24) is 9.80 Å². The largest absolute Gasteiger partial charge is 0.491 e. The van der Waals surface area contributed by atoms with Gasteiger partial charge in [0.25, 0.3) is 11.8 Å². The molecule has 0 spiro atoms. The van der Waals surface area contributed by atoms with Crippen LogP contribution < -0.4 is 4.74 Å². The van der Waals surface area contributed by atoms with Gasteiger partial charge in [0.05, 0.1) is 0 Å². The van der Waals surface area contributed by atoms with Crippen molar-refractivity contribution in [3.05, 3.63) is 76.9 Å². The van der Waals surface area contributed by atoms with Crippen LogP contribution in [0.5, 0.6) is 5.75 Å². The van der Waals surface area contributed by atoms with Crippen LogP contribution in [0.15, 0.2) is 54.6 Å². The molecular formula is C29H32N2O4. The minimum atomic E-state index is -0.574. The van der Waals surface area contributed by atoms with E-state index in [2.05, 4.69) is 11.0 Å². The fourth-order valence-corrected chi connectivity index (χ4v) is 5.42. The van der Waals surface area contributed by atoms with E-state index in [9.17, 15) is 14.7 Å². The minimum Gasteiger partial charge on any atom is -0.491 e. The third-order valence-electron chi connectivity index (χ3n) is 7.11. The van der Waals surface area contributed by atoms with Crippen molar-refractivity contribution in [3.8, 4) is 5.75 Å². The van der Waals surface area contributed by atoms with Crippen LogP contribution in [0.4, 0.5) is 0 Å². The molecule has 6 nitrogen and oxygen atoms in total. The van der Waals surface area contributed by atoms with Gasteiger partial charge >= 0.3 is 0 Å². The monoisotopic (exact) mass is 472 g/mol. The summed E-state index contributed by atoms with van der Waals surface area (Å²) >= 11 is 0. The van der Waals surface area contributed by atoms with E-state index in [0.29, 0.717) is 24.2 Å². The van der Waals surface area contributed by atoms with Crippen molar-refractivity contribution < 1.29 is 19.4 Å². The van der Waals surface area contributed by atoms with E-state index in [1.165, 1.54) is 4.90 Å². The zero-order chi connectivity index (χ0) is 24.5. The normalized spacial score (nSPS) is 17.7. The molecule has 5 rings (SSSR count). The second-order valence-electron chi connectivity index (χ2n) is 9.96. The lowest BCUT2D eigenvalue weighted by molar-refractivity contribution is 0.0453. The average Bonchev–Trinajstić information content (AvgIpc) is 2.84. The van der Waals surface area contributed by atoms with E-state index < -0.39 is 6.10 Å². The Bertz CT molecular complexity index is 1190. The second kappa shape index (κ2) is 9.80. The van der Waals surface area contributed by atoms with Gasteiger partial charge in [-0.05, 0) is 86.5 Å². The number of likely N-dealkylation sites (tertiary alicyclic amines) is 1. The summed E-state index contributed by atoms with van der Waals surface area (Å²) in [4.78, 5) is 30.0. The Morgan fingerprint density at radius 3 is 2.14 bits per heavy atom. The van der Waals surface area contributed by atoms with Crippen LogP contribution in [0.2, 0.25) is 0 Å². The molecule has 1 fully saturated rings. The number of nitrogens with zero attached hydrogens (tertiary/aromatic N) is 2. The highest BCUT2D eigenvalue weighted by Crippen LogP contribution is 2.31. The number of aliphatic hydroxyl groups excluding tert-OH is 1. The maximum Gasteiger partial charge on any atom is 0.261 e. The predicted molar refractivity (Wildman–Crippen MR) is 136 cm³/mol. The molecule has 182 valence electrons. The number of imide groups is 1. The fourth-order valence-electron chi connectivity index (χ4n) is 5.42. The van der Waals surface area contributed by atoms with Gasteiger partial charge in [0.15, 0.2) is 0 Å². The van der Waals surface area contributed by atoms with Crippen LogP contribution in [0.1, 0.15) is 44.7 Å². The molecule has 1 atom stereocenters. The maximum atomic E-state index is 13.2. The van der Waals surface area contributed by atoms with E-state index in [-0.39, 0.29) is 24.3 Å². The van der Waals surface area contributed by atoms with Gasteiger partial charge in [-0.1, -0.05) is 30.3 Å². The molecule has 0 aromatic heterocycles. The lowest BCUT2D eigenvalue weighted by Gasteiger charge is -2.36. The van der Waals surface area contributed by atoms with Crippen LogP contribution in [0.25, 0.3) is 10.8 Å². The Morgan fingerprint density at radius 1 is 0.943 bits per heavy atom. The Kier molecular flexibility index (Phi) is 6.58. The van der Waals surface area contributed by atoms with Gasteiger partial charge in [-0.3, -0.25) is 14.5 Å². The summed E-state index contributed by atoms with van der Waals surface area (Å²) in [5.41, 5.74) is 3.51. The van der Waals surface area contributed by atoms with Crippen LogP contribution in [0, 0.1) is 19.8 Å². The summed E-state index contributed by atoms with van der Waals surface area (Å²) in [5, 5.41) is 12.2. The molecule has 2 aliphatic rings. The summed E-state index contributed by atoms with van der Waals surface area (Å²) in [5.74, 6) is 0.655. The van der Waals surface area contributed by atoms with E-state index in [4.69, 9.17) is 4.74 Å². The molecule has 1 N–H and O–H groups in total. The van der Waals surface area contributed by atoms with Gasteiger partial charge in [-0.2, -0.15) is 0 Å². The van der Waals surface area contributed by atoms with Crippen LogP contribution >= 0.6 is 0 Å². The summed E-state index contributed by atoms with van der Waals surface area (Å²) in [6.07, 6.45) is 1.19. The van der Waals surface area contributed by atoms with Gasteiger partial charge in [0.1, 0.15) is 18.5 Å². The predicted octanol–water partition coefficient (Wildman–Crippen LogP) is 4.20. The number of carbonyl (C=O) groups excluding carboxylic acids is 2. The molecule has 6 heteroatoms. The molecule has 2 heterocycles. The summed E-state index contributed by atoms with van der Waals surface area (Å²) < 4.78 is 5.81. The molecule has 2 aliphatic heterocycles. The van der Waals surface area contributed by atoms with Gasteiger partial charge in [-0.15, -0.1) is 0 Å². The van der Waals surface area contributed by atoms with Crippen molar-refractivity contribution in [2.24, 2.45) is 5.92 Å². The number of rotatable bonds is 7. The summed E-state index contributed by atoms with van der Waals surface area (Å²) in [7, 11) is 0. The number of ether oxygens (including phenoxy) is 1. The van der Waals surface area contributed by atoms with E-state index in [1.807, 2.05) is 62.4 Å². The molecule has 0 unspecified atom stereocenters. The second-order valence-corrected chi connectivity index (χ2v) is 9.96. The number of carbonyl (C=O) groups is 2. The van der Waals surface area contributed by atoms with E-state index >= 15 is 0 Å². The van der Waals surface area contributed by atoms with E-state index in [1.54, 1.807) is 0 Å².